The maximum atomic E-state index is 14.0. The molecule has 0 heterocycles. The van der Waals surface area contributed by atoms with E-state index in [-0.39, 0.29) is 24.8 Å². The van der Waals surface area contributed by atoms with Gasteiger partial charge in [-0.15, -0.1) is 0 Å². The van der Waals surface area contributed by atoms with Gasteiger partial charge in [-0.2, -0.15) is 0 Å². The first-order valence-electron chi connectivity index (χ1n) is 6.43. The quantitative estimate of drug-likeness (QED) is 0.851. The van der Waals surface area contributed by atoms with Crippen LogP contribution in [0.3, 0.4) is 0 Å². The molecule has 0 spiro atoms. The molecule has 0 bridgehead atoms. The van der Waals surface area contributed by atoms with Crippen molar-refractivity contribution in [1.82, 2.24) is 4.90 Å². The van der Waals surface area contributed by atoms with Gasteiger partial charge in [0.2, 0.25) is 5.91 Å². The number of carbonyl (C=O) groups excluding carboxylic acids is 1. The lowest BCUT2D eigenvalue weighted by atomic mass is 10.1. The van der Waals surface area contributed by atoms with E-state index in [1.54, 1.807) is 31.1 Å². The van der Waals surface area contributed by atoms with Crippen LogP contribution in [0.1, 0.15) is 18.9 Å². The molecule has 1 amide bonds. The minimum atomic E-state index is -0.331. The van der Waals surface area contributed by atoms with E-state index in [0.29, 0.717) is 12.2 Å². The molecule has 1 aromatic rings. The number of likely N-dealkylation sites (N-methyl/N-ethyl adjacent to an activating group) is 1. The molecule has 0 radical (unpaired) electrons. The number of nitrogens with two attached hydrogens (primary N) is 1. The van der Waals surface area contributed by atoms with Gasteiger partial charge >= 0.3 is 0 Å². The third-order valence-electron chi connectivity index (χ3n) is 2.92. The maximum Gasteiger partial charge on any atom is 0.241 e. The Morgan fingerprint density at radius 3 is 2.58 bits per heavy atom. The number of nitrogens with zero attached hydrogens (tertiary/aromatic N) is 2. The summed E-state index contributed by atoms with van der Waals surface area (Å²) in [7, 11) is 3.38. The van der Waals surface area contributed by atoms with Crippen molar-refractivity contribution in [2.24, 2.45) is 5.73 Å². The molecule has 0 unspecified atom stereocenters. The summed E-state index contributed by atoms with van der Waals surface area (Å²) in [6.07, 6.45) is 0.832. The Morgan fingerprint density at radius 1 is 1.37 bits per heavy atom. The number of anilines is 1. The number of carbonyl (C=O) groups is 1. The Bertz CT molecular complexity index is 435. The summed E-state index contributed by atoms with van der Waals surface area (Å²) < 4.78 is 14.0. The molecule has 0 aromatic heterocycles. The van der Waals surface area contributed by atoms with E-state index in [0.717, 1.165) is 12.0 Å². The van der Waals surface area contributed by atoms with Crippen molar-refractivity contribution in [2.45, 2.75) is 19.9 Å². The van der Waals surface area contributed by atoms with Crippen LogP contribution in [-0.4, -0.2) is 38.0 Å². The Labute approximate surface area is 114 Å². The second-order valence-electron chi connectivity index (χ2n) is 4.66. The van der Waals surface area contributed by atoms with Crippen LogP contribution in [0.25, 0.3) is 0 Å². The molecule has 0 saturated carbocycles. The zero-order chi connectivity index (χ0) is 14.4. The largest absolute Gasteiger partial charge is 0.360 e. The van der Waals surface area contributed by atoms with Gasteiger partial charge in [-0.05, 0) is 18.1 Å². The van der Waals surface area contributed by atoms with Crippen LogP contribution < -0.4 is 10.6 Å². The minimum Gasteiger partial charge on any atom is -0.360 e. The molecule has 0 saturated heterocycles. The van der Waals surface area contributed by atoms with Crippen molar-refractivity contribution in [2.75, 3.05) is 32.1 Å². The van der Waals surface area contributed by atoms with Crippen LogP contribution >= 0.6 is 0 Å². The van der Waals surface area contributed by atoms with Crippen LogP contribution in [-0.2, 0) is 11.3 Å². The molecule has 0 aliphatic rings. The van der Waals surface area contributed by atoms with Gasteiger partial charge in [0.1, 0.15) is 5.82 Å². The molecule has 2 N–H and O–H groups in total. The van der Waals surface area contributed by atoms with Crippen molar-refractivity contribution in [1.29, 1.82) is 0 Å². The first-order valence-corrected chi connectivity index (χ1v) is 6.43. The number of para-hydroxylation sites is 1. The summed E-state index contributed by atoms with van der Waals surface area (Å²) in [6, 6.07) is 4.83. The van der Waals surface area contributed by atoms with E-state index in [1.807, 2.05) is 6.92 Å². The van der Waals surface area contributed by atoms with Gasteiger partial charge in [0.15, 0.2) is 0 Å². The lowest BCUT2D eigenvalue weighted by Crippen LogP contribution is -2.38. The molecular weight excluding hydrogens is 245 g/mol. The first kappa shape index (κ1) is 15.4. The highest BCUT2D eigenvalue weighted by molar-refractivity contribution is 5.81. The molecule has 0 aliphatic carbocycles. The second-order valence-corrected chi connectivity index (χ2v) is 4.66. The highest BCUT2D eigenvalue weighted by atomic mass is 19.1. The molecule has 106 valence electrons. The molecular formula is C14H22FN3O. The summed E-state index contributed by atoms with van der Waals surface area (Å²) in [4.78, 5) is 15.1. The van der Waals surface area contributed by atoms with E-state index >= 15 is 0 Å². The van der Waals surface area contributed by atoms with Gasteiger partial charge in [0, 0.05) is 27.2 Å². The monoisotopic (exact) mass is 267 g/mol. The van der Waals surface area contributed by atoms with E-state index in [4.69, 9.17) is 5.73 Å². The van der Waals surface area contributed by atoms with Crippen molar-refractivity contribution in [3.63, 3.8) is 0 Å². The zero-order valence-corrected chi connectivity index (χ0v) is 11.8. The van der Waals surface area contributed by atoms with Crippen molar-refractivity contribution in [3.8, 4) is 0 Å². The van der Waals surface area contributed by atoms with E-state index in [1.165, 1.54) is 11.0 Å². The third kappa shape index (κ3) is 3.92. The Kier molecular flexibility index (Phi) is 5.76. The normalized spacial score (nSPS) is 10.4. The third-order valence-corrected chi connectivity index (χ3v) is 2.92. The molecule has 19 heavy (non-hydrogen) atoms. The van der Waals surface area contributed by atoms with Crippen LogP contribution in [0.15, 0.2) is 18.2 Å². The van der Waals surface area contributed by atoms with Crippen LogP contribution in [0.4, 0.5) is 10.1 Å². The second kappa shape index (κ2) is 7.09. The molecule has 4 nitrogen and oxygen atoms in total. The van der Waals surface area contributed by atoms with Crippen molar-refractivity contribution in [3.05, 3.63) is 29.6 Å². The van der Waals surface area contributed by atoms with Gasteiger partial charge in [0.05, 0.1) is 12.2 Å². The predicted molar refractivity (Wildman–Crippen MR) is 75.5 cm³/mol. The SMILES string of the molecule is CCCN(CC(=O)N(C)C)c1c(F)cccc1CN. The number of hydrogen-bond acceptors (Lipinski definition) is 3. The van der Waals surface area contributed by atoms with Gasteiger partial charge < -0.3 is 15.5 Å². The highest BCUT2D eigenvalue weighted by Gasteiger charge is 2.18. The molecule has 1 aromatic carbocycles. The van der Waals surface area contributed by atoms with Crippen molar-refractivity contribution < 1.29 is 9.18 Å². The standard InChI is InChI=1S/C14H22FN3O/c1-4-8-18(10-13(19)17(2)3)14-11(9-16)6-5-7-12(14)15/h5-7H,4,8-10,16H2,1-3H3. The maximum absolute atomic E-state index is 14.0. The number of amides is 1. The predicted octanol–water partition coefficient (Wildman–Crippen LogP) is 1.59. The van der Waals surface area contributed by atoms with Gasteiger partial charge in [-0.3, -0.25) is 4.79 Å². The van der Waals surface area contributed by atoms with E-state index in [9.17, 15) is 9.18 Å². The zero-order valence-electron chi connectivity index (χ0n) is 11.8. The van der Waals surface area contributed by atoms with Gasteiger partial charge in [-0.1, -0.05) is 19.1 Å². The summed E-state index contributed by atoms with van der Waals surface area (Å²) in [5, 5.41) is 0. The summed E-state index contributed by atoms with van der Waals surface area (Å²) >= 11 is 0. The number of hydrogen-bond donors (Lipinski definition) is 1. The lowest BCUT2D eigenvalue weighted by Gasteiger charge is -2.27. The Balaban J connectivity index is 3.08. The summed E-state index contributed by atoms with van der Waals surface area (Å²) in [6.45, 7) is 3.03. The van der Waals surface area contributed by atoms with Crippen LogP contribution in [0.2, 0.25) is 0 Å². The average molecular weight is 267 g/mol. The first-order chi connectivity index (χ1) is 9.01. The Morgan fingerprint density at radius 2 is 2.05 bits per heavy atom. The lowest BCUT2D eigenvalue weighted by molar-refractivity contribution is -0.127. The average Bonchev–Trinajstić information content (AvgIpc) is 2.37. The molecule has 0 atom stereocenters. The topological polar surface area (TPSA) is 49.6 Å². The van der Waals surface area contributed by atoms with Gasteiger partial charge in [-0.25, -0.2) is 4.39 Å². The summed E-state index contributed by atoms with van der Waals surface area (Å²) in [5.74, 6) is -0.386. The van der Waals surface area contributed by atoms with E-state index in [2.05, 4.69) is 0 Å². The fraction of sp³-hybridized carbons (Fsp3) is 0.500. The van der Waals surface area contributed by atoms with Crippen LogP contribution in [0.5, 0.6) is 0 Å². The fourth-order valence-corrected chi connectivity index (χ4v) is 1.92. The van der Waals surface area contributed by atoms with Crippen LogP contribution in [0, 0.1) is 5.82 Å². The number of benzene rings is 1. The van der Waals surface area contributed by atoms with Crippen molar-refractivity contribution >= 4 is 11.6 Å². The fourth-order valence-electron chi connectivity index (χ4n) is 1.92. The molecule has 5 heteroatoms. The smallest absolute Gasteiger partial charge is 0.241 e. The van der Waals surface area contributed by atoms with E-state index < -0.39 is 0 Å². The number of halogens is 1. The summed E-state index contributed by atoms with van der Waals surface area (Å²) in [5.41, 5.74) is 6.82. The molecule has 1 rings (SSSR count). The Hall–Kier alpha value is -1.62. The minimum absolute atomic E-state index is 0.0559. The molecule has 0 aliphatic heterocycles. The highest BCUT2D eigenvalue weighted by Crippen LogP contribution is 2.24. The van der Waals surface area contributed by atoms with Gasteiger partial charge in [0.25, 0.3) is 0 Å². The number of rotatable bonds is 6. The molecule has 0 fully saturated rings.